The lowest BCUT2D eigenvalue weighted by Crippen LogP contribution is -2.50. The molecule has 5 heteroatoms. The number of amides is 2. The van der Waals surface area contributed by atoms with Gasteiger partial charge in [-0.05, 0) is 34.7 Å². The number of anilines is 1. The van der Waals surface area contributed by atoms with Crippen LogP contribution in [0, 0.1) is 0 Å². The summed E-state index contributed by atoms with van der Waals surface area (Å²) in [5, 5.41) is 5.07. The van der Waals surface area contributed by atoms with Crippen molar-refractivity contribution < 1.29 is 14.0 Å². The second kappa shape index (κ2) is 7.52. The molecule has 0 saturated heterocycles. The van der Waals surface area contributed by atoms with Crippen LogP contribution in [0.3, 0.4) is 0 Å². The number of hydrogen-bond donors (Lipinski definition) is 1. The zero-order valence-corrected chi connectivity index (χ0v) is 16.2. The van der Waals surface area contributed by atoms with E-state index >= 15 is 0 Å². The Morgan fingerprint density at radius 2 is 1.63 bits per heavy atom. The fourth-order valence-electron chi connectivity index (χ4n) is 4.06. The van der Waals surface area contributed by atoms with E-state index < -0.39 is 6.04 Å². The molecule has 1 atom stereocenters. The molecule has 0 spiro atoms. The molecule has 0 bridgehead atoms. The van der Waals surface area contributed by atoms with E-state index in [4.69, 9.17) is 4.42 Å². The van der Waals surface area contributed by atoms with Crippen LogP contribution in [-0.4, -0.2) is 22.8 Å². The van der Waals surface area contributed by atoms with Crippen LogP contribution in [0.2, 0.25) is 0 Å². The number of carbonyl (C=O) groups is 2. The number of nitrogens with one attached hydrogen (secondary N) is 1. The molecule has 3 aromatic carbocycles. The van der Waals surface area contributed by atoms with Crippen LogP contribution in [0.15, 0.2) is 89.5 Å². The highest BCUT2D eigenvalue weighted by Crippen LogP contribution is 2.28. The molecule has 5 rings (SSSR count). The summed E-state index contributed by atoms with van der Waals surface area (Å²) in [6.07, 6.45) is 1.93. The normalized spacial score (nSPS) is 15.6. The number of furan rings is 1. The van der Waals surface area contributed by atoms with Crippen molar-refractivity contribution in [2.24, 2.45) is 0 Å². The summed E-state index contributed by atoms with van der Waals surface area (Å²) in [5.41, 5.74) is 2.87. The third kappa shape index (κ3) is 3.24. The van der Waals surface area contributed by atoms with Crippen LogP contribution in [0.5, 0.6) is 0 Å². The molecule has 1 aromatic heterocycles. The topological polar surface area (TPSA) is 62.6 Å². The summed E-state index contributed by atoms with van der Waals surface area (Å²) in [6.45, 7) is 0.364. The number of benzene rings is 3. The second-order valence-corrected chi connectivity index (χ2v) is 7.41. The molecule has 2 amide bonds. The molecule has 5 nitrogen and oxygen atoms in total. The summed E-state index contributed by atoms with van der Waals surface area (Å²) in [6, 6.07) is 24.3. The van der Waals surface area contributed by atoms with Gasteiger partial charge in [0.25, 0.3) is 5.91 Å². The standard InChI is InChI=1S/C25H20N2O3/c28-24(26-21-12-5-10-17-7-3-4-11-20(17)21)22-15-18-8-1-2-9-19(18)16-27(22)25(29)23-13-6-14-30-23/h1-14,22H,15-16H2,(H,26,28). The summed E-state index contributed by atoms with van der Waals surface area (Å²) < 4.78 is 5.32. The average Bonchev–Trinajstić information content (AvgIpc) is 3.33. The van der Waals surface area contributed by atoms with Gasteiger partial charge in [-0.2, -0.15) is 0 Å². The summed E-state index contributed by atoms with van der Waals surface area (Å²) >= 11 is 0. The molecule has 0 aliphatic carbocycles. The predicted octanol–water partition coefficient (Wildman–Crippen LogP) is 4.64. The van der Waals surface area contributed by atoms with Crippen LogP contribution < -0.4 is 5.32 Å². The van der Waals surface area contributed by atoms with Crippen molar-refractivity contribution in [2.45, 2.75) is 19.0 Å². The van der Waals surface area contributed by atoms with Crippen molar-refractivity contribution in [3.63, 3.8) is 0 Å². The van der Waals surface area contributed by atoms with Crippen LogP contribution in [0.1, 0.15) is 21.7 Å². The van der Waals surface area contributed by atoms with Gasteiger partial charge in [-0.1, -0.05) is 60.7 Å². The predicted molar refractivity (Wildman–Crippen MR) is 115 cm³/mol. The number of fused-ring (bicyclic) bond motifs is 2. The van der Waals surface area contributed by atoms with Crippen molar-refractivity contribution in [3.8, 4) is 0 Å². The van der Waals surface area contributed by atoms with E-state index in [9.17, 15) is 9.59 Å². The number of carbonyl (C=O) groups excluding carboxylic acids is 2. The van der Waals surface area contributed by atoms with Crippen molar-refractivity contribution in [2.75, 3.05) is 5.32 Å². The largest absolute Gasteiger partial charge is 0.459 e. The lowest BCUT2D eigenvalue weighted by Gasteiger charge is -2.35. The van der Waals surface area contributed by atoms with Gasteiger partial charge in [0.15, 0.2) is 5.76 Å². The highest BCUT2D eigenvalue weighted by molar-refractivity contribution is 6.05. The van der Waals surface area contributed by atoms with Crippen molar-refractivity contribution in [1.82, 2.24) is 4.90 Å². The van der Waals surface area contributed by atoms with Gasteiger partial charge in [-0.15, -0.1) is 0 Å². The first-order valence-corrected chi connectivity index (χ1v) is 9.90. The molecule has 2 heterocycles. The summed E-state index contributed by atoms with van der Waals surface area (Å²) in [4.78, 5) is 28.1. The minimum Gasteiger partial charge on any atom is -0.459 e. The van der Waals surface area contributed by atoms with Gasteiger partial charge in [0, 0.05) is 24.0 Å². The first kappa shape index (κ1) is 18.2. The lowest BCUT2D eigenvalue weighted by atomic mass is 9.93. The molecule has 0 radical (unpaired) electrons. The molecule has 1 N–H and O–H groups in total. The monoisotopic (exact) mass is 396 g/mol. The smallest absolute Gasteiger partial charge is 0.290 e. The maximum Gasteiger partial charge on any atom is 0.290 e. The Kier molecular flexibility index (Phi) is 4.56. The van der Waals surface area contributed by atoms with E-state index in [0.29, 0.717) is 13.0 Å². The minimum absolute atomic E-state index is 0.208. The number of rotatable bonds is 3. The fourth-order valence-corrected chi connectivity index (χ4v) is 4.06. The minimum atomic E-state index is -0.628. The Labute approximate surface area is 173 Å². The molecule has 0 saturated carbocycles. The molecule has 1 aliphatic rings. The van der Waals surface area contributed by atoms with E-state index in [1.54, 1.807) is 17.0 Å². The zero-order chi connectivity index (χ0) is 20.5. The first-order valence-electron chi connectivity index (χ1n) is 9.90. The molecule has 4 aromatic rings. The van der Waals surface area contributed by atoms with Crippen LogP contribution in [-0.2, 0) is 17.8 Å². The Bertz CT molecular complexity index is 1220. The van der Waals surface area contributed by atoms with E-state index in [0.717, 1.165) is 27.6 Å². The van der Waals surface area contributed by atoms with Gasteiger partial charge in [0.05, 0.1) is 6.26 Å². The maximum atomic E-state index is 13.4. The zero-order valence-electron chi connectivity index (χ0n) is 16.2. The van der Waals surface area contributed by atoms with Gasteiger partial charge in [0.1, 0.15) is 6.04 Å². The van der Waals surface area contributed by atoms with Crippen LogP contribution in [0.4, 0.5) is 5.69 Å². The molecule has 0 fully saturated rings. The maximum absolute atomic E-state index is 13.4. The molecule has 1 unspecified atom stereocenters. The van der Waals surface area contributed by atoms with Gasteiger partial charge in [0.2, 0.25) is 5.91 Å². The van der Waals surface area contributed by atoms with E-state index in [1.807, 2.05) is 66.7 Å². The quantitative estimate of drug-likeness (QED) is 0.549. The lowest BCUT2D eigenvalue weighted by molar-refractivity contribution is -0.121. The van der Waals surface area contributed by atoms with Gasteiger partial charge in [-0.3, -0.25) is 9.59 Å². The second-order valence-electron chi connectivity index (χ2n) is 7.41. The van der Waals surface area contributed by atoms with E-state index in [2.05, 4.69) is 5.32 Å². The van der Waals surface area contributed by atoms with Gasteiger partial charge < -0.3 is 14.6 Å². The third-order valence-corrected chi connectivity index (χ3v) is 5.59. The SMILES string of the molecule is O=C(Nc1cccc2ccccc12)C1Cc2ccccc2CN1C(=O)c1ccco1. The first-order chi connectivity index (χ1) is 14.7. The molecule has 148 valence electrons. The Hall–Kier alpha value is -3.86. The highest BCUT2D eigenvalue weighted by Gasteiger charge is 2.36. The van der Waals surface area contributed by atoms with E-state index in [-0.39, 0.29) is 17.6 Å². The summed E-state index contributed by atoms with van der Waals surface area (Å²) in [5.74, 6) is -0.259. The van der Waals surface area contributed by atoms with Gasteiger partial charge in [-0.25, -0.2) is 0 Å². The molecular weight excluding hydrogens is 376 g/mol. The van der Waals surface area contributed by atoms with Crippen molar-refractivity contribution in [3.05, 3.63) is 102 Å². The number of hydrogen-bond acceptors (Lipinski definition) is 3. The van der Waals surface area contributed by atoms with Crippen LogP contribution in [0.25, 0.3) is 10.8 Å². The van der Waals surface area contributed by atoms with E-state index in [1.165, 1.54) is 6.26 Å². The Morgan fingerprint density at radius 1 is 0.867 bits per heavy atom. The highest BCUT2D eigenvalue weighted by atomic mass is 16.3. The van der Waals surface area contributed by atoms with Crippen LogP contribution >= 0.6 is 0 Å². The summed E-state index contributed by atoms with van der Waals surface area (Å²) in [7, 11) is 0. The van der Waals surface area contributed by atoms with Gasteiger partial charge >= 0.3 is 0 Å². The Balaban J connectivity index is 1.49. The van der Waals surface area contributed by atoms with Crippen molar-refractivity contribution in [1.29, 1.82) is 0 Å². The molecular formula is C25H20N2O3. The molecule has 30 heavy (non-hydrogen) atoms. The number of nitrogens with zero attached hydrogens (tertiary/aromatic N) is 1. The van der Waals surface area contributed by atoms with Crippen molar-refractivity contribution >= 4 is 28.3 Å². The fraction of sp³-hybridized carbons (Fsp3) is 0.120. The Morgan fingerprint density at radius 3 is 2.47 bits per heavy atom. The third-order valence-electron chi connectivity index (χ3n) is 5.59. The average molecular weight is 396 g/mol. The molecule has 1 aliphatic heterocycles.